The molecule has 116 valence electrons. The van der Waals surface area contributed by atoms with Gasteiger partial charge >= 0.3 is 12.1 Å². The lowest BCUT2D eigenvalue weighted by atomic mass is 9.97. The first-order valence-corrected chi connectivity index (χ1v) is 7.61. The van der Waals surface area contributed by atoms with Gasteiger partial charge in [-0.1, -0.05) is 6.07 Å². The van der Waals surface area contributed by atoms with Gasteiger partial charge in [0.2, 0.25) is 0 Å². The third-order valence-corrected chi connectivity index (χ3v) is 4.90. The Kier molecular flexibility index (Phi) is 3.07. The molecular formula is C16H18N2O4. The SMILES string of the molecule is Cc1c(CN2C(=O)O[C@@H]3CNCC[C@@H]32)ccc2c1COC2=O. The third-order valence-electron chi connectivity index (χ3n) is 4.90. The average molecular weight is 302 g/mol. The topological polar surface area (TPSA) is 67.9 Å². The molecule has 3 aliphatic rings. The van der Waals surface area contributed by atoms with Gasteiger partial charge in [0.05, 0.1) is 11.6 Å². The van der Waals surface area contributed by atoms with Crippen molar-refractivity contribution in [1.29, 1.82) is 0 Å². The van der Waals surface area contributed by atoms with Crippen molar-refractivity contribution in [2.24, 2.45) is 0 Å². The van der Waals surface area contributed by atoms with E-state index in [1.54, 1.807) is 6.07 Å². The van der Waals surface area contributed by atoms with E-state index in [0.717, 1.165) is 36.2 Å². The van der Waals surface area contributed by atoms with Crippen LogP contribution in [0.2, 0.25) is 0 Å². The van der Waals surface area contributed by atoms with E-state index in [-0.39, 0.29) is 24.2 Å². The molecule has 2 fully saturated rings. The summed E-state index contributed by atoms with van der Waals surface area (Å²) in [5.41, 5.74) is 3.67. The minimum absolute atomic E-state index is 0.0547. The molecule has 2 atom stereocenters. The summed E-state index contributed by atoms with van der Waals surface area (Å²) in [7, 11) is 0. The number of esters is 1. The standard InChI is InChI=1S/C16H18N2O4/c1-9-10(2-3-11-12(9)8-21-15(11)19)7-18-13-4-5-17-6-14(13)22-16(18)20/h2-3,13-14,17H,4-8H2,1H3/t13-,14+/m0/s1. The Bertz CT molecular complexity index is 658. The van der Waals surface area contributed by atoms with Gasteiger partial charge in [0.15, 0.2) is 0 Å². The molecule has 22 heavy (non-hydrogen) atoms. The second-order valence-electron chi connectivity index (χ2n) is 6.06. The summed E-state index contributed by atoms with van der Waals surface area (Å²) < 4.78 is 10.5. The summed E-state index contributed by atoms with van der Waals surface area (Å²) in [5, 5.41) is 3.25. The van der Waals surface area contributed by atoms with Gasteiger partial charge in [0.1, 0.15) is 12.7 Å². The molecule has 1 aromatic carbocycles. The van der Waals surface area contributed by atoms with Crippen molar-refractivity contribution < 1.29 is 19.1 Å². The molecule has 0 aliphatic carbocycles. The molecule has 1 amide bonds. The van der Waals surface area contributed by atoms with Gasteiger partial charge in [-0.15, -0.1) is 0 Å². The number of carbonyl (C=O) groups is 2. The Morgan fingerprint density at radius 2 is 2.23 bits per heavy atom. The van der Waals surface area contributed by atoms with Crippen LogP contribution in [0, 0.1) is 6.92 Å². The molecule has 0 aromatic heterocycles. The molecule has 4 rings (SSSR count). The number of amides is 1. The van der Waals surface area contributed by atoms with E-state index in [1.165, 1.54) is 0 Å². The second kappa shape index (κ2) is 4.98. The molecule has 0 spiro atoms. The smallest absolute Gasteiger partial charge is 0.410 e. The maximum absolute atomic E-state index is 12.1. The molecule has 3 aliphatic heterocycles. The average Bonchev–Trinajstić information content (AvgIpc) is 3.04. The maximum Gasteiger partial charge on any atom is 0.410 e. The van der Waals surface area contributed by atoms with E-state index in [1.807, 2.05) is 17.9 Å². The minimum Gasteiger partial charge on any atom is -0.457 e. The first kappa shape index (κ1) is 13.6. The van der Waals surface area contributed by atoms with Gasteiger partial charge in [-0.2, -0.15) is 0 Å². The summed E-state index contributed by atoms with van der Waals surface area (Å²) in [6.07, 6.45) is 0.606. The van der Waals surface area contributed by atoms with E-state index in [0.29, 0.717) is 18.7 Å². The largest absolute Gasteiger partial charge is 0.457 e. The van der Waals surface area contributed by atoms with Gasteiger partial charge in [-0.25, -0.2) is 9.59 Å². The normalized spacial score (nSPS) is 26.5. The number of rotatable bonds is 2. The van der Waals surface area contributed by atoms with E-state index < -0.39 is 0 Å². The second-order valence-corrected chi connectivity index (χ2v) is 6.06. The van der Waals surface area contributed by atoms with Crippen LogP contribution < -0.4 is 5.32 Å². The summed E-state index contributed by atoms with van der Waals surface area (Å²) in [6, 6.07) is 3.86. The molecule has 0 bridgehead atoms. The molecule has 3 heterocycles. The van der Waals surface area contributed by atoms with Crippen molar-refractivity contribution in [2.75, 3.05) is 13.1 Å². The zero-order valence-electron chi connectivity index (χ0n) is 12.4. The lowest BCUT2D eigenvalue weighted by Gasteiger charge is -2.29. The Morgan fingerprint density at radius 1 is 1.36 bits per heavy atom. The lowest BCUT2D eigenvalue weighted by Crippen LogP contribution is -2.47. The molecule has 1 N–H and O–H groups in total. The van der Waals surface area contributed by atoms with Gasteiger partial charge in [-0.05, 0) is 37.1 Å². The van der Waals surface area contributed by atoms with Crippen molar-refractivity contribution in [3.05, 3.63) is 34.4 Å². The molecule has 2 saturated heterocycles. The zero-order chi connectivity index (χ0) is 15.3. The first-order chi connectivity index (χ1) is 10.6. The quantitative estimate of drug-likeness (QED) is 0.835. The fraction of sp³-hybridized carbons (Fsp3) is 0.500. The zero-order valence-corrected chi connectivity index (χ0v) is 12.4. The number of nitrogens with one attached hydrogen (secondary N) is 1. The van der Waals surface area contributed by atoms with Crippen molar-refractivity contribution in [1.82, 2.24) is 10.2 Å². The van der Waals surface area contributed by atoms with Crippen molar-refractivity contribution in [3.8, 4) is 0 Å². The van der Waals surface area contributed by atoms with E-state index in [9.17, 15) is 9.59 Å². The molecule has 6 heteroatoms. The molecule has 1 aromatic rings. The minimum atomic E-state index is -0.261. The Balaban J connectivity index is 1.61. The summed E-state index contributed by atoms with van der Waals surface area (Å²) in [5.74, 6) is -0.261. The molecule has 0 saturated carbocycles. The van der Waals surface area contributed by atoms with Crippen LogP contribution >= 0.6 is 0 Å². The highest BCUT2D eigenvalue weighted by molar-refractivity contribution is 5.93. The number of nitrogens with zero attached hydrogens (tertiary/aromatic N) is 1. The Morgan fingerprint density at radius 3 is 3.09 bits per heavy atom. The van der Waals surface area contributed by atoms with Gasteiger partial charge < -0.3 is 14.8 Å². The summed E-state index contributed by atoms with van der Waals surface area (Å²) >= 11 is 0. The predicted octanol–water partition coefficient (Wildman–Crippen LogP) is 1.35. The van der Waals surface area contributed by atoms with Gasteiger partial charge in [0.25, 0.3) is 0 Å². The maximum atomic E-state index is 12.1. The number of hydrogen-bond donors (Lipinski definition) is 1. The Labute approximate surface area is 128 Å². The van der Waals surface area contributed by atoms with E-state index >= 15 is 0 Å². The van der Waals surface area contributed by atoms with Gasteiger partial charge in [-0.3, -0.25) is 4.90 Å². The highest BCUT2D eigenvalue weighted by Gasteiger charge is 2.43. The number of piperidine rings is 1. The van der Waals surface area contributed by atoms with Crippen LogP contribution in [0.3, 0.4) is 0 Å². The molecule has 0 unspecified atom stereocenters. The molecule has 0 radical (unpaired) electrons. The lowest BCUT2D eigenvalue weighted by molar-refractivity contribution is 0.0535. The first-order valence-electron chi connectivity index (χ1n) is 7.61. The fourth-order valence-electron chi connectivity index (χ4n) is 3.56. The van der Waals surface area contributed by atoms with Crippen LogP contribution in [0.4, 0.5) is 4.79 Å². The number of carbonyl (C=O) groups excluding carboxylic acids is 2. The van der Waals surface area contributed by atoms with Crippen molar-refractivity contribution >= 4 is 12.1 Å². The van der Waals surface area contributed by atoms with E-state index in [2.05, 4.69) is 5.32 Å². The predicted molar refractivity (Wildman–Crippen MR) is 77.4 cm³/mol. The third kappa shape index (κ3) is 1.98. The monoisotopic (exact) mass is 302 g/mol. The highest BCUT2D eigenvalue weighted by Crippen LogP contribution is 2.30. The summed E-state index contributed by atoms with van der Waals surface area (Å²) in [6.45, 7) is 4.46. The highest BCUT2D eigenvalue weighted by atomic mass is 16.6. The summed E-state index contributed by atoms with van der Waals surface area (Å²) in [4.78, 5) is 25.6. The fourth-order valence-corrected chi connectivity index (χ4v) is 3.56. The van der Waals surface area contributed by atoms with Crippen LogP contribution in [0.25, 0.3) is 0 Å². The van der Waals surface area contributed by atoms with Crippen LogP contribution in [-0.2, 0) is 22.6 Å². The van der Waals surface area contributed by atoms with Crippen molar-refractivity contribution in [2.45, 2.75) is 38.6 Å². The van der Waals surface area contributed by atoms with Crippen LogP contribution in [0.15, 0.2) is 12.1 Å². The molecule has 6 nitrogen and oxygen atoms in total. The van der Waals surface area contributed by atoms with Crippen LogP contribution in [-0.4, -0.2) is 42.2 Å². The number of cyclic esters (lactones) is 1. The van der Waals surface area contributed by atoms with Crippen molar-refractivity contribution in [3.63, 3.8) is 0 Å². The number of fused-ring (bicyclic) bond motifs is 2. The van der Waals surface area contributed by atoms with E-state index in [4.69, 9.17) is 9.47 Å². The van der Waals surface area contributed by atoms with Crippen LogP contribution in [0.1, 0.15) is 33.5 Å². The Hall–Kier alpha value is -2.08. The van der Waals surface area contributed by atoms with Gasteiger partial charge in [0, 0.05) is 18.7 Å². The number of ether oxygens (including phenoxy) is 2. The number of hydrogen-bond acceptors (Lipinski definition) is 5. The molecular weight excluding hydrogens is 284 g/mol. The number of benzene rings is 1. The van der Waals surface area contributed by atoms with Crippen LogP contribution in [0.5, 0.6) is 0 Å².